The smallest absolute Gasteiger partial charge is 0.300 e. The van der Waals surface area contributed by atoms with Gasteiger partial charge in [0, 0.05) is 6.54 Å². The number of nitrogens with two attached hydrogens (primary N) is 1. The van der Waals surface area contributed by atoms with Gasteiger partial charge in [-0.15, -0.1) is 0 Å². The Hall–Kier alpha value is -2.71. The topological polar surface area (TPSA) is 140 Å². The molecule has 1 rings (SSSR count). The first-order valence-corrected chi connectivity index (χ1v) is 6.26. The van der Waals surface area contributed by atoms with Gasteiger partial charge in [-0.05, 0) is 12.0 Å². The van der Waals surface area contributed by atoms with Crippen LogP contribution in [0.4, 0.5) is 11.5 Å². The quantitative estimate of drug-likeness (QED) is 0.501. The number of carbonyl (C=O) groups excluding carboxylic acids is 2. The molecule has 0 spiro atoms. The molecule has 0 aliphatic carbocycles. The van der Waals surface area contributed by atoms with E-state index in [0.29, 0.717) is 6.54 Å². The first-order chi connectivity index (χ1) is 9.81. The van der Waals surface area contributed by atoms with Gasteiger partial charge in [0.1, 0.15) is 17.6 Å². The van der Waals surface area contributed by atoms with Crippen molar-refractivity contribution in [3.63, 3.8) is 0 Å². The second kappa shape index (κ2) is 7.17. The number of rotatable bonds is 6. The number of aromatic nitrogens is 1. The van der Waals surface area contributed by atoms with Crippen LogP contribution in [-0.2, 0) is 4.79 Å². The van der Waals surface area contributed by atoms with Crippen molar-refractivity contribution < 1.29 is 14.5 Å². The van der Waals surface area contributed by atoms with Gasteiger partial charge in [-0.25, -0.2) is 4.98 Å². The Morgan fingerprint density at radius 2 is 2.10 bits per heavy atom. The molecule has 0 unspecified atom stereocenters. The lowest BCUT2D eigenvalue weighted by Crippen LogP contribution is -2.38. The largest absolute Gasteiger partial charge is 0.384 e. The van der Waals surface area contributed by atoms with Crippen molar-refractivity contribution in [2.24, 2.45) is 5.92 Å². The van der Waals surface area contributed by atoms with Crippen LogP contribution in [0.15, 0.2) is 12.3 Å². The predicted molar refractivity (Wildman–Crippen MR) is 75.5 cm³/mol. The van der Waals surface area contributed by atoms with E-state index in [4.69, 9.17) is 5.73 Å². The molecule has 0 saturated heterocycles. The fourth-order valence-electron chi connectivity index (χ4n) is 1.43. The molecule has 0 aliphatic rings. The molecule has 1 aromatic rings. The highest BCUT2D eigenvalue weighted by Gasteiger charge is 2.21. The van der Waals surface area contributed by atoms with Gasteiger partial charge >= 0.3 is 0 Å². The molecule has 1 heterocycles. The molecular formula is C12H17N5O4. The van der Waals surface area contributed by atoms with Crippen LogP contribution >= 0.6 is 0 Å². The lowest BCUT2D eigenvalue weighted by Gasteiger charge is -2.09. The maximum Gasteiger partial charge on any atom is 0.300 e. The van der Waals surface area contributed by atoms with Crippen LogP contribution in [0.3, 0.4) is 0 Å². The molecular weight excluding hydrogens is 278 g/mol. The molecule has 2 amide bonds. The number of nitro groups is 1. The molecule has 0 aromatic carbocycles. The summed E-state index contributed by atoms with van der Waals surface area (Å²) in [5, 5.41) is 15.7. The average Bonchev–Trinajstić information content (AvgIpc) is 2.41. The van der Waals surface area contributed by atoms with Crippen LogP contribution in [0.25, 0.3) is 0 Å². The van der Waals surface area contributed by atoms with E-state index in [2.05, 4.69) is 15.6 Å². The number of amides is 2. The summed E-state index contributed by atoms with van der Waals surface area (Å²) in [5.41, 5.74) is 4.71. The van der Waals surface area contributed by atoms with Gasteiger partial charge in [0.2, 0.25) is 5.91 Å². The highest BCUT2D eigenvalue weighted by molar-refractivity contribution is 6.00. The Morgan fingerprint density at radius 3 is 2.67 bits per heavy atom. The average molecular weight is 295 g/mol. The fourth-order valence-corrected chi connectivity index (χ4v) is 1.43. The number of hydrogen-bond acceptors (Lipinski definition) is 6. The number of pyridine rings is 1. The van der Waals surface area contributed by atoms with Gasteiger partial charge < -0.3 is 16.4 Å². The zero-order valence-corrected chi connectivity index (χ0v) is 11.8. The monoisotopic (exact) mass is 295 g/mol. The molecule has 4 N–H and O–H groups in total. The number of carbonyl (C=O) groups is 2. The van der Waals surface area contributed by atoms with Gasteiger partial charge in [0.15, 0.2) is 0 Å². The third kappa shape index (κ3) is 5.05. The summed E-state index contributed by atoms with van der Waals surface area (Å²) in [6.07, 6.45) is 0.906. The van der Waals surface area contributed by atoms with E-state index in [1.54, 1.807) is 0 Å². The summed E-state index contributed by atoms with van der Waals surface area (Å²) in [6, 6.07) is 1.10. The number of anilines is 1. The number of nitrogens with one attached hydrogen (secondary N) is 2. The number of nitrogen functional groups attached to an aromatic ring is 1. The van der Waals surface area contributed by atoms with E-state index in [1.807, 2.05) is 13.8 Å². The molecule has 0 saturated carbocycles. The fraction of sp³-hybridized carbons (Fsp3) is 0.417. The van der Waals surface area contributed by atoms with E-state index in [9.17, 15) is 19.7 Å². The van der Waals surface area contributed by atoms with Crippen molar-refractivity contribution in [1.29, 1.82) is 0 Å². The van der Waals surface area contributed by atoms with Crippen LogP contribution in [0, 0.1) is 16.0 Å². The van der Waals surface area contributed by atoms with E-state index in [0.717, 1.165) is 12.3 Å². The molecule has 9 heteroatoms. The highest BCUT2D eigenvalue weighted by Crippen LogP contribution is 2.18. The molecule has 0 aliphatic heterocycles. The zero-order chi connectivity index (χ0) is 16.0. The maximum absolute atomic E-state index is 11.9. The Kier molecular flexibility index (Phi) is 5.58. The van der Waals surface area contributed by atoms with Crippen LogP contribution in [-0.4, -0.2) is 34.8 Å². The second-order valence-corrected chi connectivity index (χ2v) is 4.76. The lowest BCUT2D eigenvalue weighted by molar-refractivity contribution is -0.385. The Morgan fingerprint density at radius 1 is 1.43 bits per heavy atom. The summed E-state index contributed by atoms with van der Waals surface area (Å²) in [6.45, 7) is 4.08. The van der Waals surface area contributed by atoms with Crippen LogP contribution in [0.1, 0.15) is 24.2 Å². The van der Waals surface area contributed by atoms with E-state index in [1.165, 1.54) is 0 Å². The van der Waals surface area contributed by atoms with Crippen LogP contribution < -0.4 is 16.4 Å². The maximum atomic E-state index is 11.9. The molecule has 9 nitrogen and oxygen atoms in total. The van der Waals surface area contributed by atoms with Crippen molar-refractivity contribution in [2.45, 2.75) is 13.8 Å². The Labute approximate surface area is 121 Å². The normalized spacial score (nSPS) is 10.2. The van der Waals surface area contributed by atoms with E-state index >= 15 is 0 Å². The molecule has 0 fully saturated rings. The number of hydrogen-bond donors (Lipinski definition) is 3. The van der Waals surface area contributed by atoms with Crippen molar-refractivity contribution in [1.82, 2.24) is 15.6 Å². The minimum absolute atomic E-state index is 0.0185. The van der Waals surface area contributed by atoms with Gasteiger partial charge in [-0.1, -0.05) is 13.8 Å². The molecule has 114 valence electrons. The van der Waals surface area contributed by atoms with Gasteiger partial charge in [0.05, 0.1) is 11.5 Å². The Bertz CT molecular complexity index is 559. The first kappa shape index (κ1) is 16.3. The second-order valence-electron chi connectivity index (χ2n) is 4.76. The van der Waals surface area contributed by atoms with Crippen LogP contribution in [0.2, 0.25) is 0 Å². The van der Waals surface area contributed by atoms with Gasteiger partial charge in [-0.3, -0.25) is 19.7 Å². The van der Waals surface area contributed by atoms with Crippen molar-refractivity contribution in [3.8, 4) is 0 Å². The lowest BCUT2D eigenvalue weighted by atomic mass is 10.2. The third-order valence-electron chi connectivity index (χ3n) is 2.46. The van der Waals surface area contributed by atoms with Crippen molar-refractivity contribution in [2.75, 3.05) is 18.8 Å². The highest BCUT2D eigenvalue weighted by atomic mass is 16.6. The summed E-state index contributed by atoms with van der Waals surface area (Å²) in [5.74, 6) is -0.863. The summed E-state index contributed by atoms with van der Waals surface area (Å²) in [7, 11) is 0. The summed E-state index contributed by atoms with van der Waals surface area (Å²) >= 11 is 0. The molecule has 0 radical (unpaired) electrons. The molecule has 0 bridgehead atoms. The Balaban J connectivity index is 2.70. The van der Waals surface area contributed by atoms with Crippen molar-refractivity contribution in [3.05, 3.63) is 27.9 Å². The zero-order valence-electron chi connectivity index (χ0n) is 11.8. The van der Waals surface area contributed by atoms with Gasteiger partial charge in [-0.2, -0.15) is 0 Å². The SMILES string of the molecule is CC(C)CNC(=O)CNC(=O)c1cc(N)ncc1[N+](=O)[O-]. The summed E-state index contributed by atoms with van der Waals surface area (Å²) < 4.78 is 0. The summed E-state index contributed by atoms with van der Waals surface area (Å²) in [4.78, 5) is 37.0. The third-order valence-corrected chi connectivity index (χ3v) is 2.46. The van der Waals surface area contributed by atoms with Crippen LogP contribution in [0.5, 0.6) is 0 Å². The first-order valence-electron chi connectivity index (χ1n) is 6.26. The predicted octanol–water partition coefficient (Wildman–Crippen LogP) is 0.0740. The molecule has 21 heavy (non-hydrogen) atoms. The van der Waals surface area contributed by atoms with Gasteiger partial charge in [0.25, 0.3) is 11.6 Å². The van der Waals surface area contributed by atoms with E-state index < -0.39 is 16.5 Å². The number of nitrogens with zero attached hydrogens (tertiary/aromatic N) is 2. The minimum atomic E-state index is -0.754. The molecule has 0 atom stereocenters. The van der Waals surface area contributed by atoms with E-state index in [-0.39, 0.29) is 29.8 Å². The minimum Gasteiger partial charge on any atom is -0.384 e. The molecule has 1 aromatic heterocycles. The van der Waals surface area contributed by atoms with Crippen molar-refractivity contribution >= 4 is 23.3 Å². The standard InChI is InChI=1S/C12H17N5O4/c1-7(2)4-15-11(18)6-16-12(19)8-3-10(13)14-5-9(8)17(20)21/h3,5,7H,4,6H2,1-2H3,(H2,13,14)(H,15,18)(H,16,19).